The van der Waals surface area contributed by atoms with E-state index in [4.69, 9.17) is 21.7 Å². The first-order chi connectivity index (χ1) is 13.3. The predicted octanol–water partition coefficient (Wildman–Crippen LogP) is 4.47. The van der Waals surface area contributed by atoms with Crippen molar-refractivity contribution in [3.05, 3.63) is 58.7 Å². The Balaban J connectivity index is 2.24. The van der Waals surface area contributed by atoms with Crippen LogP contribution in [-0.2, 0) is 9.47 Å². The second-order valence-corrected chi connectivity index (χ2v) is 6.53. The summed E-state index contributed by atoms with van der Waals surface area (Å²) < 4.78 is 10.1. The molecule has 2 aromatic carbocycles. The van der Waals surface area contributed by atoms with E-state index in [9.17, 15) is 9.59 Å². The highest BCUT2D eigenvalue weighted by Crippen LogP contribution is 2.19. The van der Waals surface area contributed by atoms with Crippen molar-refractivity contribution >= 4 is 40.6 Å². The van der Waals surface area contributed by atoms with Gasteiger partial charge in [-0.25, -0.2) is 9.59 Å². The van der Waals surface area contributed by atoms with E-state index in [0.29, 0.717) is 10.8 Å². The third-order valence-corrected chi connectivity index (χ3v) is 4.18. The number of anilines is 2. The number of carbonyl (C=O) groups is 2. The van der Waals surface area contributed by atoms with Crippen molar-refractivity contribution in [2.75, 3.05) is 23.8 Å². The minimum Gasteiger partial charge on any atom is -0.462 e. The number of aryl methyl sites for hydroxylation is 2. The van der Waals surface area contributed by atoms with E-state index < -0.39 is 11.9 Å². The average Bonchev–Trinajstić information content (AvgIpc) is 2.64. The van der Waals surface area contributed by atoms with Gasteiger partial charge in [-0.2, -0.15) is 0 Å². The van der Waals surface area contributed by atoms with Crippen molar-refractivity contribution in [3.63, 3.8) is 0 Å². The van der Waals surface area contributed by atoms with Gasteiger partial charge in [-0.3, -0.25) is 0 Å². The van der Waals surface area contributed by atoms with Crippen LogP contribution in [0.15, 0.2) is 36.4 Å². The summed E-state index contributed by atoms with van der Waals surface area (Å²) in [4.78, 5) is 24.3. The second-order valence-electron chi connectivity index (χ2n) is 6.12. The zero-order chi connectivity index (χ0) is 20.7. The van der Waals surface area contributed by atoms with Crippen LogP contribution in [0.5, 0.6) is 0 Å². The average molecular weight is 401 g/mol. The fourth-order valence-electron chi connectivity index (χ4n) is 2.48. The molecule has 0 aliphatic rings. The lowest BCUT2D eigenvalue weighted by molar-refractivity contribution is 0.0525. The van der Waals surface area contributed by atoms with Gasteiger partial charge in [0.05, 0.1) is 24.3 Å². The number of rotatable bonds is 6. The van der Waals surface area contributed by atoms with Crippen LogP contribution < -0.4 is 10.6 Å². The Hall–Kier alpha value is -2.93. The number of hydrogen-bond acceptors (Lipinski definition) is 5. The summed E-state index contributed by atoms with van der Waals surface area (Å²) in [5, 5.41) is 6.43. The highest BCUT2D eigenvalue weighted by Gasteiger charge is 2.15. The Morgan fingerprint density at radius 3 is 1.86 bits per heavy atom. The summed E-state index contributed by atoms with van der Waals surface area (Å²) in [7, 11) is 0. The summed E-state index contributed by atoms with van der Waals surface area (Å²) in [6.07, 6.45) is 0. The number of carbonyl (C=O) groups excluding carboxylic acids is 2. The van der Waals surface area contributed by atoms with Gasteiger partial charge >= 0.3 is 11.9 Å². The lowest BCUT2D eigenvalue weighted by Gasteiger charge is -2.14. The van der Waals surface area contributed by atoms with E-state index in [-0.39, 0.29) is 24.3 Å². The third-order valence-electron chi connectivity index (χ3n) is 3.98. The third kappa shape index (κ3) is 5.79. The first-order valence-corrected chi connectivity index (χ1v) is 9.39. The summed E-state index contributed by atoms with van der Waals surface area (Å²) >= 11 is 5.36. The number of hydrogen-bond donors (Lipinski definition) is 2. The van der Waals surface area contributed by atoms with Crippen molar-refractivity contribution in [2.24, 2.45) is 0 Å². The maximum absolute atomic E-state index is 12.1. The molecule has 148 valence electrons. The minimum atomic E-state index is -0.523. The maximum Gasteiger partial charge on any atom is 0.338 e. The second kappa shape index (κ2) is 9.85. The summed E-state index contributed by atoms with van der Waals surface area (Å²) in [6.45, 7) is 7.96. The van der Waals surface area contributed by atoms with Crippen molar-refractivity contribution in [3.8, 4) is 0 Å². The smallest absolute Gasteiger partial charge is 0.338 e. The molecule has 0 aromatic heterocycles. The summed E-state index contributed by atoms with van der Waals surface area (Å²) in [5.41, 5.74) is 4.13. The van der Waals surface area contributed by atoms with Gasteiger partial charge in [0.25, 0.3) is 0 Å². The van der Waals surface area contributed by atoms with Gasteiger partial charge in [-0.1, -0.05) is 6.07 Å². The molecule has 0 heterocycles. The van der Waals surface area contributed by atoms with Crippen LogP contribution >= 0.6 is 12.2 Å². The molecule has 2 aromatic rings. The van der Waals surface area contributed by atoms with Gasteiger partial charge in [0.2, 0.25) is 0 Å². The van der Waals surface area contributed by atoms with Crippen molar-refractivity contribution < 1.29 is 19.1 Å². The zero-order valence-corrected chi connectivity index (χ0v) is 17.2. The van der Waals surface area contributed by atoms with Crippen molar-refractivity contribution in [2.45, 2.75) is 27.7 Å². The molecule has 0 aliphatic carbocycles. The quantitative estimate of drug-likeness (QED) is 0.547. The molecule has 0 fully saturated rings. The van der Waals surface area contributed by atoms with E-state index in [1.54, 1.807) is 26.0 Å². The molecule has 28 heavy (non-hydrogen) atoms. The molecule has 0 saturated carbocycles. The van der Waals surface area contributed by atoms with Crippen LogP contribution in [0, 0.1) is 13.8 Å². The van der Waals surface area contributed by atoms with Crippen LogP contribution in [0.1, 0.15) is 45.7 Å². The van der Waals surface area contributed by atoms with Gasteiger partial charge < -0.3 is 20.1 Å². The molecule has 0 saturated heterocycles. The standard InChI is InChI=1S/C21H24N2O4S/c1-5-26-19(24)15-10-16(20(25)27-6-2)12-18(11-15)23-21(28)22-17-8-7-13(3)14(4)9-17/h7-12H,5-6H2,1-4H3,(H2,22,23,28). The number of ether oxygens (including phenoxy) is 2. The minimum absolute atomic E-state index is 0.234. The first kappa shape index (κ1) is 21.4. The molecule has 2 rings (SSSR count). The molecule has 0 amide bonds. The Bertz CT molecular complexity index is 860. The lowest BCUT2D eigenvalue weighted by Crippen LogP contribution is -2.20. The monoisotopic (exact) mass is 400 g/mol. The topological polar surface area (TPSA) is 76.7 Å². The normalized spacial score (nSPS) is 10.1. The number of thiocarbonyl (C=S) groups is 1. The van der Waals surface area contributed by atoms with E-state index in [1.165, 1.54) is 11.6 Å². The SMILES string of the molecule is CCOC(=O)c1cc(NC(=S)Nc2ccc(C)c(C)c2)cc(C(=O)OCC)c1. The number of nitrogens with one attached hydrogen (secondary N) is 2. The molecule has 0 bridgehead atoms. The Morgan fingerprint density at radius 2 is 1.36 bits per heavy atom. The largest absolute Gasteiger partial charge is 0.462 e. The van der Waals surface area contributed by atoms with Crippen molar-refractivity contribution in [1.82, 2.24) is 0 Å². The van der Waals surface area contributed by atoms with Gasteiger partial charge in [-0.15, -0.1) is 0 Å². The molecule has 0 spiro atoms. The fourth-order valence-corrected chi connectivity index (χ4v) is 2.71. The number of benzene rings is 2. The maximum atomic E-state index is 12.1. The molecule has 0 unspecified atom stereocenters. The molecule has 0 radical (unpaired) electrons. The highest BCUT2D eigenvalue weighted by molar-refractivity contribution is 7.80. The molecule has 6 nitrogen and oxygen atoms in total. The van der Waals surface area contributed by atoms with Crippen LogP contribution in [0.3, 0.4) is 0 Å². The lowest BCUT2D eigenvalue weighted by atomic mass is 10.1. The van der Waals surface area contributed by atoms with Gasteiger partial charge in [0.1, 0.15) is 0 Å². The van der Waals surface area contributed by atoms with E-state index in [2.05, 4.69) is 10.6 Å². The van der Waals surface area contributed by atoms with Gasteiger partial charge in [0, 0.05) is 11.4 Å². The molecule has 7 heteroatoms. The summed E-state index contributed by atoms with van der Waals surface area (Å²) in [5.74, 6) is -1.05. The van der Waals surface area contributed by atoms with Gasteiger partial charge in [0.15, 0.2) is 5.11 Å². The number of esters is 2. The molecular formula is C21H24N2O4S. The first-order valence-electron chi connectivity index (χ1n) is 8.98. The Morgan fingerprint density at radius 1 is 0.821 bits per heavy atom. The van der Waals surface area contributed by atoms with Crippen LogP contribution in [0.25, 0.3) is 0 Å². The summed E-state index contributed by atoms with van der Waals surface area (Å²) in [6, 6.07) is 10.5. The van der Waals surface area contributed by atoms with E-state index >= 15 is 0 Å². The van der Waals surface area contributed by atoms with E-state index in [0.717, 1.165) is 11.3 Å². The Labute approximate surface area is 170 Å². The molecule has 2 N–H and O–H groups in total. The van der Waals surface area contributed by atoms with Crippen LogP contribution in [-0.4, -0.2) is 30.3 Å². The fraction of sp³-hybridized carbons (Fsp3) is 0.286. The molecule has 0 atom stereocenters. The van der Waals surface area contributed by atoms with Crippen LogP contribution in [0.4, 0.5) is 11.4 Å². The van der Waals surface area contributed by atoms with E-state index in [1.807, 2.05) is 32.0 Å². The van der Waals surface area contributed by atoms with Gasteiger partial charge in [-0.05, 0) is 81.4 Å². The van der Waals surface area contributed by atoms with Crippen molar-refractivity contribution in [1.29, 1.82) is 0 Å². The highest BCUT2D eigenvalue weighted by atomic mass is 32.1. The Kier molecular flexibility index (Phi) is 7.52. The predicted molar refractivity (Wildman–Crippen MR) is 114 cm³/mol. The van der Waals surface area contributed by atoms with Crippen LogP contribution in [0.2, 0.25) is 0 Å². The zero-order valence-electron chi connectivity index (χ0n) is 16.4. The molecule has 0 aliphatic heterocycles. The molecular weight excluding hydrogens is 376 g/mol.